The van der Waals surface area contributed by atoms with Crippen LogP contribution >= 0.6 is 0 Å². The van der Waals surface area contributed by atoms with Crippen LogP contribution in [0.4, 0.5) is 0 Å². The van der Waals surface area contributed by atoms with Crippen molar-refractivity contribution in [3.63, 3.8) is 0 Å². The summed E-state index contributed by atoms with van der Waals surface area (Å²) in [5.41, 5.74) is 0. The van der Waals surface area contributed by atoms with Crippen molar-refractivity contribution in [3.05, 3.63) is 0 Å². The zero-order chi connectivity index (χ0) is 11.9. The molecule has 5 heteroatoms. The molecule has 0 unspecified atom stereocenters. The van der Waals surface area contributed by atoms with Gasteiger partial charge in [-0.3, -0.25) is 4.55 Å². The maximum Gasteiger partial charge on any atom is 0.261 e. The van der Waals surface area contributed by atoms with Gasteiger partial charge in [0.25, 0.3) is 10.1 Å². The lowest BCUT2D eigenvalue weighted by Gasteiger charge is -2.29. The number of piperidine rings is 1. The van der Waals surface area contributed by atoms with Gasteiger partial charge in [-0.15, -0.1) is 0 Å². The monoisotopic (exact) mass is 237 g/mol. The molecule has 1 fully saturated rings. The van der Waals surface area contributed by atoms with Crippen LogP contribution in [0.3, 0.4) is 0 Å². The standard InChI is InChI=1S/C9H19N.CH4O3S/c1-3-6-10-7-4-9(2)5-8-10;1-5(2,3)4/h9H,3-8H2,1-2H3;1H3,(H,2,3,4). The molecule has 0 spiro atoms. The Morgan fingerprint density at radius 2 is 1.73 bits per heavy atom. The molecule has 0 bridgehead atoms. The van der Waals surface area contributed by atoms with Crippen molar-refractivity contribution in [2.45, 2.75) is 33.1 Å². The Morgan fingerprint density at radius 1 is 1.33 bits per heavy atom. The second-order valence-electron chi connectivity index (χ2n) is 4.26. The molecule has 1 heterocycles. The van der Waals surface area contributed by atoms with Gasteiger partial charge >= 0.3 is 0 Å². The van der Waals surface area contributed by atoms with Gasteiger partial charge < -0.3 is 4.90 Å². The molecule has 0 saturated carbocycles. The van der Waals surface area contributed by atoms with Crippen LogP contribution in [0.1, 0.15) is 33.1 Å². The van der Waals surface area contributed by atoms with Gasteiger partial charge in [0.1, 0.15) is 0 Å². The third kappa shape index (κ3) is 11.8. The van der Waals surface area contributed by atoms with Gasteiger partial charge in [0.2, 0.25) is 0 Å². The summed E-state index contributed by atoms with van der Waals surface area (Å²) in [6.07, 6.45) is 4.86. The van der Waals surface area contributed by atoms with Crippen molar-refractivity contribution >= 4 is 10.1 Å². The minimum absolute atomic E-state index is 0.715. The summed E-state index contributed by atoms with van der Waals surface area (Å²) in [6, 6.07) is 0. The molecule has 15 heavy (non-hydrogen) atoms. The minimum atomic E-state index is -3.67. The first kappa shape index (κ1) is 14.9. The summed E-state index contributed by atoms with van der Waals surface area (Å²) in [6.45, 7) is 8.62. The first-order chi connectivity index (χ1) is 6.83. The summed E-state index contributed by atoms with van der Waals surface area (Å²) in [7, 11) is -3.67. The summed E-state index contributed by atoms with van der Waals surface area (Å²) in [5, 5.41) is 0. The molecule has 0 radical (unpaired) electrons. The van der Waals surface area contributed by atoms with Gasteiger partial charge in [-0.25, -0.2) is 0 Å². The molecule has 4 nitrogen and oxygen atoms in total. The molecule has 0 aromatic heterocycles. The average molecular weight is 237 g/mol. The van der Waals surface area contributed by atoms with Crippen molar-refractivity contribution < 1.29 is 13.0 Å². The lowest BCUT2D eigenvalue weighted by molar-refractivity contribution is 0.193. The maximum atomic E-state index is 9.19. The lowest BCUT2D eigenvalue weighted by Crippen LogP contribution is -2.33. The van der Waals surface area contributed by atoms with Crippen LogP contribution in [0.15, 0.2) is 0 Å². The summed E-state index contributed by atoms with van der Waals surface area (Å²) >= 11 is 0. The molecular formula is C10H23NO3S. The Bertz CT molecular complexity index is 235. The van der Waals surface area contributed by atoms with E-state index in [9.17, 15) is 8.42 Å². The summed E-state index contributed by atoms with van der Waals surface area (Å²) in [4.78, 5) is 2.58. The van der Waals surface area contributed by atoms with Gasteiger partial charge in [-0.2, -0.15) is 8.42 Å². The summed E-state index contributed by atoms with van der Waals surface area (Å²) in [5.74, 6) is 0.980. The highest BCUT2D eigenvalue weighted by Crippen LogP contribution is 2.15. The van der Waals surface area contributed by atoms with Gasteiger partial charge in [0, 0.05) is 0 Å². The number of hydrogen-bond donors (Lipinski definition) is 1. The second-order valence-corrected chi connectivity index (χ2v) is 5.72. The number of rotatable bonds is 2. The van der Waals surface area contributed by atoms with Crippen molar-refractivity contribution in [2.75, 3.05) is 25.9 Å². The molecule has 1 saturated heterocycles. The lowest BCUT2D eigenvalue weighted by atomic mass is 9.99. The maximum absolute atomic E-state index is 9.19. The van der Waals surface area contributed by atoms with Crippen LogP contribution in [0.25, 0.3) is 0 Å². The molecule has 0 aromatic carbocycles. The van der Waals surface area contributed by atoms with Crippen LogP contribution in [0.5, 0.6) is 0 Å². The molecule has 1 aliphatic rings. The average Bonchev–Trinajstić information content (AvgIpc) is 2.06. The third-order valence-corrected chi connectivity index (χ3v) is 2.42. The number of hydrogen-bond acceptors (Lipinski definition) is 3. The summed E-state index contributed by atoms with van der Waals surface area (Å²) < 4.78 is 25.9. The van der Waals surface area contributed by atoms with Crippen molar-refractivity contribution in [1.29, 1.82) is 0 Å². The normalized spacial score (nSPS) is 19.5. The van der Waals surface area contributed by atoms with E-state index in [1.165, 1.54) is 38.9 Å². The molecule has 0 aromatic rings. The van der Waals surface area contributed by atoms with E-state index in [4.69, 9.17) is 4.55 Å². The van der Waals surface area contributed by atoms with Crippen molar-refractivity contribution in [1.82, 2.24) is 4.90 Å². The topological polar surface area (TPSA) is 57.6 Å². The largest absolute Gasteiger partial charge is 0.303 e. The zero-order valence-electron chi connectivity index (χ0n) is 9.94. The SMILES string of the molecule is CCCN1CCC(C)CC1.CS(=O)(=O)O. The van der Waals surface area contributed by atoms with E-state index < -0.39 is 10.1 Å². The first-order valence-electron chi connectivity index (χ1n) is 5.47. The highest BCUT2D eigenvalue weighted by Gasteiger charge is 2.13. The smallest absolute Gasteiger partial charge is 0.261 e. The molecule has 0 amide bonds. The van der Waals surface area contributed by atoms with Crippen LogP contribution < -0.4 is 0 Å². The van der Waals surface area contributed by atoms with Crippen LogP contribution in [0, 0.1) is 5.92 Å². The molecule has 1 N–H and O–H groups in total. The van der Waals surface area contributed by atoms with Gasteiger partial charge in [0.15, 0.2) is 0 Å². The molecule has 92 valence electrons. The van der Waals surface area contributed by atoms with E-state index in [2.05, 4.69) is 18.7 Å². The van der Waals surface area contributed by atoms with Crippen molar-refractivity contribution in [3.8, 4) is 0 Å². The Labute approximate surface area is 93.4 Å². The fourth-order valence-electron chi connectivity index (χ4n) is 1.60. The van der Waals surface area contributed by atoms with E-state index in [1.54, 1.807) is 0 Å². The Hall–Kier alpha value is -0.130. The van der Waals surface area contributed by atoms with E-state index in [-0.39, 0.29) is 0 Å². The van der Waals surface area contributed by atoms with Gasteiger partial charge in [-0.1, -0.05) is 13.8 Å². The molecule has 1 rings (SSSR count). The fourth-order valence-corrected chi connectivity index (χ4v) is 1.60. The zero-order valence-corrected chi connectivity index (χ0v) is 10.8. The molecule has 0 aliphatic carbocycles. The van der Waals surface area contributed by atoms with Crippen molar-refractivity contribution in [2.24, 2.45) is 5.92 Å². The molecule has 1 aliphatic heterocycles. The van der Waals surface area contributed by atoms with Crippen LogP contribution in [0.2, 0.25) is 0 Å². The van der Waals surface area contributed by atoms with Crippen LogP contribution in [-0.2, 0) is 10.1 Å². The first-order valence-corrected chi connectivity index (χ1v) is 7.32. The second kappa shape index (κ2) is 7.19. The van der Waals surface area contributed by atoms with E-state index >= 15 is 0 Å². The van der Waals surface area contributed by atoms with Crippen LogP contribution in [-0.4, -0.2) is 43.8 Å². The van der Waals surface area contributed by atoms with E-state index in [0.717, 1.165) is 5.92 Å². The quantitative estimate of drug-likeness (QED) is 0.742. The molecule has 0 atom stereocenters. The number of likely N-dealkylation sites (tertiary alicyclic amines) is 1. The highest BCUT2D eigenvalue weighted by molar-refractivity contribution is 7.85. The predicted molar refractivity (Wildman–Crippen MR) is 62.6 cm³/mol. The van der Waals surface area contributed by atoms with Gasteiger partial charge in [0.05, 0.1) is 6.26 Å². The predicted octanol–water partition coefficient (Wildman–Crippen LogP) is 1.63. The third-order valence-electron chi connectivity index (χ3n) is 2.42. The number of nitrogens with zero attached hydrogens (tertiary/aromatic N) is 1. The van der Waals surface area contributed by atoms with E-state index in [1.807, 2.05) is 0 Å². The highest BCUT2D eigenvalue weighted by atomic mass is 32.2. The van der Waals surface area contributed by atoms with Gasteiger partial charge in [-0.05, 0) is 44.8 Å². The Balaban J connectivity index is 0.000000336. The minimum Gasteiger partial charge on any atom is -0.303 e. The van der Waals surface area contributed by atoms with E-state index in [0.29, 0.717) is 6.26 Å². The Kier molecular flexibility index (Phi) is 7.13. The fraction of sp³-hybridized carbons (Fsp3) is 1.00. The Morgan fingerprint density at radius 3 is 2.07 bits per heavy atom. The molecular weight excluding hydrogens is 214 g/mol.